The van der Waals surface area contributed by atoms with E-state index in [1.807, 2.05) is 6.08 Å². The van der Waals surface area contributed by atoms with Crippen LogP contribution >= 0.6 is 0 Å². The van der Waals surface area contributed by atoms with Gasteiger partial charge in [-0.25, -0.2) is 0 Å². The number of hydrogen-bond acceptors (Lipinski definition) is 1. The Labute approximate surface area is 78.5 Å². The summed E-state index contributed by atoms with van der Waals surface area (Å²) in [4.78, 5) is 0. The number of aliphatic hydroxyl groups is 1. The van der Waals surface area contributed by atoms with Crippen LogP contribution in [0.15, 0.2) is 36.5 Å². The molecule has 0 aliphatic heterocycles. The van der Waals surface area contributed by atoms with Gasteiger partial charge in [-0.2, -0.15) is 0 Å². The zero-order valence-corrected chi connectivity index (χ0v) is 7.51. The number of fused-ring (bicyclic) bond motifs is 1. The number of hydrogen-bond donors (Lipinski definition) is 1. The average molecular weight is 174 g/mol. The molecule has 1 heteroatoms. The standard InChI is InChI=1S/C12H14O/c13-12-7-5-8-4-6-11(12)10-3-1-2-9(8)10/h1-2,4-13H,3H2/t8?,9?,10?,11?,12-/m0/s1. The van der Waals surface area contributed by atoms with Crippen LogP contribution in [0, 0.1) is 23.7 Å². The predicted molar refractivity (Wildman–Crippen MR) is 52.0 cm³/mol. The zero-order valence-electron chi connectivity index (χ0n) is 7.51. The molecule has 0 spiro atoms. The molecule has 1 nitrogen and oxygen atoms in total. The van der Waals surface area contributed by atoms with Gasteiger partial charge in [-0.1, -0.05) is 36.5 Å². The van der Waals surface area contributed by atoms with E-state index in [4.69, 9.17) is 0 Å². The fourth-order valence-electron chi connectivity index (χ4n) is 2.98. The van der Waals surface area contributed by atoms with Gasteiger partial charge in [0.25, 0.3) is 0 Å². The summed E-state index contributed by atoms with van der Waals surface area (Å²) in [7, 11) is 0. The lowest BCUT2D eigenvalue weighted by atomic mass is 9.73. The molecule has 5 atom stereocenters. The zero-order chi connectivity index (χ0) is 8.84. The lowest BCUT2D eigenvalue weighted by molar-refractivity contribution is 0.124. The third kappa shape index (κ3) is 0.969. The van der Waals surface area contributed by atoms with Crippen LogP contribution in [-0.2, 0) is 0 Å². The van der Waals surface area contributed by atoms with Crippen molar-refractivity contribution in [3.8, 4) is 0 Å². The van der Waals surface area contributed by atoms with E-state index in [9.17, 15) is 5.11 Å². The molecule has 0 aromatic rings. The highest BCUT2D eigenvalue weighted by atomic mass is 16.3. The van der Waals surface area contributed by atoms with Crippen molar-refractivity contribution >= 4 is 0 Å². The highest BCUT2D eigenvalue weighted by molar-refractivity contribution is 5.25. The normalized spacial score (nSPS) is 51.0. The number of aliphatic hydroxyl groups excluding tert-OH is 1. The molecule has 0 amide bonds. The van der Waals surface area contributed by atoms with E-state index in [0.29, 0.717) is 23.7 Å². The first-order valence-corrected chi connectivity index (χ1v) is 5.07. The van der Waals surface area contributed by atoms with Crippen molar-refractivity contribution < 1.29 is 5.11 Å². The molecule has 1 N–H and O–H groups in total. The maximum absolute atomic E-state index is 9.86. The first-order valence-electron chi connectivity index (χ1n) is 5.07. The maximum atomic E-state index is 9.86. The van der Waals surface area contributed by atoms with Gasteiger partial charge >= 0.3 is 0 Å². The van der Waals surface area contributed by atoms with Gasteiger partial charge in [-0.05, 0) is 18.3 Å². The molecule has 4 unspecified atom stereocenters. The fraction of sp³-hybridized carbons (Fsp3) is 0.500. The first kappa shape index (κ1) is 7.57. The third-order valence-electron chi connectivity index (χ3n) is 3.68. The van der Waals surface area contributed by atoms with Gasteiger partial charge in [-0.3, -0.25) is 0 Å². The molecule has 2 bridgehead atoms. The van der Waals surface area contributed by atoms with Crippen molar-refractivity contribution in [3.05, 3.63) is 36.5 Å². The minimum absolute atomic E-state index is 0.254. The number of rotatable bonds is 0. The van der Waals surface area contributed by atoms with E-state index in [1.54, 1.807) is 0 Å². The highest BCUT2D eigenvalue weighted by Crippen LogP contribution is 2.45. The highest BCUT2D eigenvalue weighted by Gasteiger charge is 2.40. The molecule has 0 heterocycles. The smallest absolute Gasteiger partial charge is 0.0786 e. The first-order chi connectivity index (χ1) is 6.36. The summed E-state index contributed by atoms with van der Waals surface area (Å²) in [5, 5.41) is 9.86. The van der Waals surface area contributed by atoms with E-state index in [0.717, 1.165) is 6.42 Å². The summed E-state index contributed by atoms with van der Waals surface area (Å²) in [5.74, 6) is 2.20. The second-order valence-electron chi connectivity index (χ2n) is 4.32. The summed E-state index contributed by atoms with van der Waals surface area (Å²) >= 11 is 0. The van der Waals surface area contributed by atoms with E-state index in [-0.39, 0.29) is 6.10 Å². The summed E-state index contributed by atoms with van der Waals surface area (Å²) in [5.41, 5.74) is 0. The van der Waals surface area contributed by atoms with Crippen LogP contribution in [0.3, 0.4) is 0 Å². The van der Waals surface area contributed by atoms with Gasteiger partial charge in [0.15, 0.2) is 0 Å². The Hall–Kier alpha value is -0.820. The Morgan fingerprint density at radius 3 is 2.69 bits per heavy atom. The Balaban J connectivity index is 2.05. The molecule has 4 aliphatic carbocycles. The topological polar surface area (TPSA) is 20.2 Å². The lowest BCUT2D eigenvalue weighted by Gasteiger charge is -2.32. The van der Waals surface area contributed by atoms with Crippen LogP contribution in [0.5, 0.6) is 0 Å². The van der Waals surface area contributed by atoms with Crippen molar-refractivity contribution in [2.24, 2.45) is 23.7 Å². The van der Waals surface area contributed by atoms with Gasteiger partial charge in [0, 0.05) is 11.8 Å². The quantitative estimate of drug-likeness (QED) is 0.556. The summed E-state index contributed by atoms with van der Waals surface area (Å²) in [6.07, 6.45) is 14.1. The van der Waals surface area contributed by atoms with E-state index in [1.165, 1.54) is 0 Å². The second-order valence-corrected chi connectivity index (χ2v) is 4.32. The van der Waals surface area contributed by atoms with Gasteiger partial charge in [0.1, 0.15) is 0 Å². The summed E-state index contributed by atoms with van der Waals surface area (Å²) < 4.78 is 0. The predicted octanol–water partition coefficient (Wildman–Crippen LogP) is 1.91. The van der Waals surface area contributed by atoms with Crippen molar-refractivity contribution in [3.63, 3.8) is 0 Å². The molecular formula is C12H14O. The average Bonchev–Trinajstić information content (AvgIpc) is 2.52. The Bertz CT molecular complexity index is 300. The second kappa shape index (κ2) is 2.58. The molecule has 4 rings (SSSR count). The minimum Gasteiger partial charge on any atom is -0.388 e. The summed E-state index contributed by atoms with van der Waals surface area (Å²) in [6, 6.07) is 0. The van der Waals surface area contributed by atoms with Crippen LogP contribution < -0.4 is 0 Å². The molecule has 0 aromatic heterocycles. The SMILES string of the molecule is O[C@H]1C=CC2C=CC1C1CC=CC21. The Morgan fingerprint density at radius 1 is 0.923 bits per heavy atom. The van der Waals surface area contributed by atoms with E-state index < -0.39 is 0 Å². The van der Waals surface area contributed by atoms with Gasteiger partial charge in [0.2, 0.25) is 0 Å². The monoisotopic (exact) mass is 174 g/mol. The maximum Gasteiger partial charge on any atom is 0.0786 e. The van der Waals surface area contributed by atoms with Crippen LogP contribution in [0.25, 0.3) is 0 Å². The fourth-order valence-corrected chi connectivity index (χ4v) is 2.98. The lowest BCUT2D eigenvalue weighted by Crippen LogP contribution is -2.30. The van der Waals surface area contributed by atoms with E-state index in [2.05, 4.69) is 30.4 Å². The van der Waals surface area contributed by atoms with Crippen molar-refractivity contribution in [1.29, 1.82) is 0 Å². The molecule has 0 radical (unpaired) electrons. The molecule has 4 aliphatic rings. The molecule has 0 saturated carbocycles. The molecule has 0 fully saturated rings. The van der Waals surface area contributed by atoms with Crippen LogP contribution in [0.4, 0.5) is 0 Å². The van der Waals surface area contributed by atoms with Crippen LogP contribution in [-0.4, -0.2) is 11.2 Å². The molecule has 0 saturated heterocycles. The van der Waals surface area contributed by atoms with Gasteiger partial charge in [0.05, 0.1) is 6.10 Å². The molecule has 13 heavy (non-hydrogen) atoms. The number of allylic oxidation sites excluding steroid dienone is 4. The minimum atomic E-state index is -0.254. The van der Waals surface area contributed by atoms with Crippen LogP contribution in [0.1, 0.15) is 6.42 Å². The van der Waals surface area contributed by atoms with Crippen molar-refractivity contribution in [2.75, 3.05) is 0 Å². The molecule has 68 valence electrons. The molecule has 0 aromatic carbocycles. The van der Waals surface area contributed by atoms with Crippen LogP contribution in [0.2, 0.25) is 0 Å². The van der Waals surface area contributed by atoms with Crippen molar-refractivity contribution in [2.45, 2.75) is 12.5 Å². The Kier molecular flexibility index (Phi) is 1.50. The Morgan fingerprint density at radius 2 is 1.77 bits per heavy atom. The molecular weight excluding hydrogens is 160 g/mol. The van der Waals surface area contributed by atoms with Gasteiger partial charge < -0.3 is 5.11 Å². The van der Waals surface area contributed by atoms with E-state index >= 15 is 0 Å². The van der Waals surface area contributed by atoms with Gasteiger partial charge in [-0.15, -0.1) is 0 Å². The van der Waals surface area contributed by atoms with Crippen molar-refractivity contribution in [1.82, 2.24) is 0 Å². The largest absolute Gasteiger partial charge is 0.388 e. The third-order valence-corrected chi connectivity index (χ3v) is 3.68. The summed E-state index contributed by atoms with van der Waals surface area (Å²) in [6.45, 7) is 0.